The summed E-state index contributed by atoms with van der Waals surface area (Å²) in [6.45, 7) is -2.34. The summed E-state index contributed by atoms with van der Waals surface area (Å²) in [7, 11) is 0. The SMILES string of the molecule is OC[C@H]1O[C@H](O[C@H]2[C@@H](O)[C@@H](CO)O[C@H](O[C@@H]3[C@H](O)[C@@H](O)C(O)O[C@@H]3CO)[C@@H]2O)[C@H](O)[C@@H](O)[C@H]1O. The maximum Gasteiger partial charge on any atom is 0.187 e. The van der Waals surface area contributed by atoms with E-state index in [1.54, 1.807) is 0 Å². The topological polar surface area (TPSA) is 269 Å². The van der Waals surface area contributed by atoms with Gasteiger partial charge in [-0.1, -0.05) is 0 Å². The molecule has 16 heteroatoms. The fourth-order valence-corrected chi connectivity index (χ4v) is 4.05. The van der Waals surface area contributed by atoms with Gasteiger partial charge in [0.15, 0.2) is 18.9 Å². The molecular weight excluding hydrogens is 472 g/mol. The number of aliphatic hydroxyl groups excluding tert-OH is 11. The van der Waals surface area contributed by atoms with Gasteiger partial charge in [0.1, 0.15) is 73.2 Å². The Morgan fingerprint density at radius 1 is 0.441 bits per heavy atom. The van der Waals surface area contributed by atoms with E-state index in [0.29, 0.717) is 0 Å². The van der Waals surface area contributed by atoms with Gasteiger partial charge in [0.2, 0.25) is 0 Å². The van der Waals surface area contributed by atoms with Crippen molar-refractivity contribution >= 4 is 0 Å². The fourth-order valence-electron chi connectivity index (χ4n) is 4.05. The maximum atomic E-state index is 10.8. The van der Waals surface area contributed by atoms with Crippen LogP contribution < -0.4 is 0 Å². The fraction of sp³-hybridized carbons (Fsp3) is 1.00. The Hall–Kier alpha value is -0.640. The summed E-state index contributed by atoms with van der Waals surface area (Å²) in [5, 5.41) is 109. The van der Waals surface area contributed by atoms with Crippen LogP contribution in [0.25, 0.3) is 0 Å². The highest BCUT2D eigenvalue weighted by molar-refractivity contribution is 4.96. The van der Waals surface area contributed by atoms with Crippen molar-refractivity contribution in [1.29, 1.82) is 0 Å². The average molecular weight is 504 g/mol. The summed E-state index contributed by atoms with van der Waals surface area (Å²) in [5.74, 6) is 0. The van der Waals surface area contributed by atoms with E-state index in [2.05, 4.69) is 0 Å². The molecule has 3 aliphatic heterocycles. The first-order valence-corrected chi connectivity index (χ1v) is 10.6. The second-order valence-electron chi connectivity index (χ2n) is 8.33. The van der Waals surface area contributed by atoms with Gasteiger partial charge < -0.3 is 79.9 Å². The Bertz CT molecular complexity index is 637. The molecule has 200 valence electrons. The molecule has 0 amide bonds. The summed E-state index contributed by atoms with van der Waals surface area (Å²) in [6.07, 6.45) is -25.4. The van der Waals surface area contributed by atoms with E-state index in [0.717, 1.165) is 0 Å². The molecule has 15 atom stereocenters. The molecule has 3 aliphatic rings. The van der Waals surface area contributed by atoms with Crippen LogP contribution in [0.5, 0.6) is 0 Å². The molecule has 3 saturated heterocycles. The number of aliphatic hydroxyl groups is 11. The van der Waals surface area contributed by atoms with E-state index in [9.17, 15) is 56.2 Å². The van der Waals surface area contributed by atoms with Crippen LogP contribution in [0.3, 0.4) is 0 Å². The van der Waals surface area contributed by atoms with Crippen molar-refractivity contribution in [3.63, 3.8) is 0 Å². The van der Waals surface area contributed by atoms with Crippen molar-refractivity contribution in [2.45, 2.75) is 92.1 Å². The van der Waals surface area contributed by atoms with Gasteiger partial charge >= 0.3 is 0 Å². The summed E-state index contributed by atoms with van der Waals surface area (Å²) in [5.41, 5.74) is 0. The number of rotatable bonds is 7. The molecule has 0 bridgehead atoms. The molecule has 0 radical (unpaired) electrons. The van der Waals surface area contributed by atoms with Crippen LogP contribution in [-0.4, -0.2) is 168 Å². The van der Waals surface area contributed by atoms with E-state index in [-0.39, 0.29) is 0 Å². The minimum absolute atomic E-state index is 0.759. The Morgan fingerprint density at radius 3 is 1.50 bits per heavy atom. The van der Waals surface area contributed by atoms with E-state index in [1.807, 2.05) is 0 Å². The molecule has 0 aromatic rings. The van der Waals surface area contributed by atoms with E-state index >= 15 is 0 Å². The molecule has 3 heterocycles. The molecule has 34 heavy (non-hydrogen) atoms. The third-order valence-electron chi connectivity index (χ3n) is 6.09. The first kappa shape index (κ1) is 27.9. The highest BCUT2D eigenvalue weighted by Gasteiger charge is 2.53. The highest BCUT2D eigenvalue weighted by atomic mass is 16.7. The van der Waals surface area contributed by atoms with Gasteiger partial charge in [-0.15, -0.1) is 0 Å². The summed E-state index contributed by atoms with van der Waals surface area (Å²) < 4.78 is 26.4. The molecule has 3 rings (SSSR count). The molecule has 0 saturated carbocycles. The minimum Gasteiger partial charge on any atom is -0.394 e. The lowest BCUT2D eigenvalue weighted by atomic mass is 9.96. The Balaban J connectivity index is 1.78. The second kappa shape index (κ2) is 11.6. The van der Waals surface area contributed by atoms with Crippen molar-refractivity contribution in [2.24, 2.45) is 0 Å². The largest absolute Gasteiger partial charge is 0.394 e. The van der Waals surface area contributed by atoms with Crippen LogP contribution in [0, 0.1) is 0 Å². The van der Waals surface area contributed by atoms with E-state index < -0.39 is 112 Å². The van der Waals surface area contributed by atoms with E-state index in [4.69, 9.17) is 23.7 Å². The number of ether oxygens (including phenoxy) is 5. The Morgan fingerprint density at radius 2 is 0.941 bits per heavy atom. The van der Waals surface area contributed by atoms with Crippen LogP contribution in [-0.2, 0) is 23.7 Å². The Kier molecular flexibility index (Phi) is 9.54. The van der Waals surface area contributed by atoms with Gasteiger partial charge in [0.05, 0.1) is 19.8 Å². The third kappa shape index (κ3) is 5.37. The summed E-state index contributed by atoms with van der Waals surface area (Å²) in [6, 6.07) is 0. The predicted molar refractivity (Wildman–Crippen MR) is 101 cm³/mol. The van der Waals surface area contributed by atoms with Gasteiger partial charge in [-0.05, 0) is 0 Å². The predicted octanol–water partition coefficient (Wildman–Crippen LogP) is -7.57. The summed E-state index contributed by atoms with van der Waals surface area (Å²) in [4.78, 5) is 0. The Labute approximate surface area is 192 Å². The molecule has 16 nitrogen and oxygen atoms in total. The van der Waals surface area contributed by atoms with Crippen molar-refractivity contribution in [3.05, 3.63) is 0 Å². The molecule has 0 aromatic carbocycles. The van der Waals surface area contributed by atoms with Crippen LogP contribution in [0.4, 0.5) is 0 Å². The van der Waals surface area contributed by atoms with Gasteiger partial charge in [-0.3, -0.25) is 0 Å². The lowest BCUT2D eigenvalue weighted by molar-refractivity contribution is -0.378. The molecule has 1 unspecified atom stereocenters. The first-order chi connectivity index (χ1) is 16.0. The lowest BCUT2D eigenvalue weighted by Crippen LogP contribution is -2.66. The number of hydrogen-bond donors (Lipinski definition) is 11. The standard InChI is InChI=1S/C18H32O16/c19-1-4-7(22)9(24)12(27)17(31-4)34-15-8(23)5(2-20)32-18(13(15)28)33-14-6(3-21)30-16(29)11(26)10(14)25/h4-29H,1-3H2/t4-,5-,6-,7+,8+,9+,10-,11-,12-,13-,14+,15+,16?,17-,18-/m1/s1. The first-order valence-electron chi connectivity index (χ1n) is 10.6. The molecule has 0 aliphatic carbocycles. The lowest BCUT2D eigenvalue weighted by Gasteiger charge is -2.47. The van der Waals surface area contributed by atoms with Crippen molar-refractivity contribution in [1.82, 2.24) is 0 Å². The third-order valence-corrected chi connectivity index (χ3v) is 6.09. The van der Waals surface area contributed by atoms with Gasteiger partial charge in [-0.2, -0.15) is 0 Å². The minimum atomic E-state index is -1.90. The smallest absolute Gasteiger partial charge is 0.187 e. The molecule has 11 N–H and O–H groups in total. The summed E-state index contributed by atoms with van der Waals surface area (Å²) >= 11 is 0. The van der Waals surface area contributed by atoms with Crippen LogP contribution in [0.1, 0.15) is 0 Å². The molecule has 0 spiro atoms. The van der Waals surface area contributed by atoms with Crippen molar-refractivity contribution < 1.29 is 79.9 Å². The van der Waals surface area contributed by atoms with E-state index in [1.165, 1.54) is 0 Å². The number of hydrogen-bond acceptors (Lipinski definition) is 16. The zero-order valence-electron chi connectivity index (χ0n) is 17.7. The van der Waals surface area contributed by atoms with Gasteiger partial charge in [-0.25, -0.2) is 0 Å². The normalized spacial score (nSPS) is 52.5. The molecule has 3 fully saturated rings. The van der Waals surface area contributed by atoms with Gasteiger partial charge in [0.25, 0.3) is 0 Å². The quantitative estimate of drug-likeness (QED) is 0.154. The van der Waals surface area contributed by atoms with Gasteiger partial charge in [0, 0.05) is 0 Å². The van der Waals surface area contributed by atoms with Crippen molar-refractivity contribution in [2.75, 3.05) is 19.8 Å². The molecule has 0 aromatic heterocycles. The molecular formula is C18H32O16. The average Bonchev–Trinajstić information content (AvgIpc) is 2.83. The zero-order valence-corrected chi connectivity index (χ0v) is 17.7. The highest BCUT2D eigenvalue weighted by Crippen LogP contribution is 2.32. The maximum absolute atomic E-state index is 10.8. The van der Waals surface area contributed by atoms with Crippen LogP contribution in [0.15, 0.2) is 0 Å². The second-order valence-corrected chi connectivity index (χ2v) is 8.33. The van der Waals surface area contributed by atoms with Crippen LogP contribution >= 0.6 is 0 Å². The van der Waals surface area contributed by atoms with Crippen LogP contribution in [0.2, 0.25) is 0 Å². The monoisotopic (exact) mass is 504 g/mol. The van der Waals surface area contributed by atoms with Crippen molar-refractivity contribution in [3.8, 4) is 0 Å². The zero-order chi connectivity index (χ0) is 25.3.